The van der Waals surface area contributed by atoms with Gasteiger partial charge in [-0.2, -0.15) is 0 Å². The fourth-order valence-electron chi connectivity index (χ4n) is 4.82. The molecule has 2 N–H and O–H groups in total. The van der Waals surface area contributed by atoms with E-state index in [1.165, 1.54) is 51.4 Å². The van der Waals surface area contributed by atoms with Crippen molar-refractivity contribution in [3.05, 3.63) is 0 Å². The molecular formula is C16H29NO2. The van der Waals surface area contributed by atoms with Crippen molar-refractivity contribution in [1.29, 1.82) is 0 Å². The van der Waals surface area contributed by atoms with Gasteiger partial charge < -0.3 is 15.2 Å². The van der Waals surface area contributed by atoms with Crippen molar-refractivity contribution in [3.8, 4) is 0 Å². The molecule has 0 aromatic heterocycles. The minimum absolute atomic E-state index is 0.000880. The Morgan fingerprint density at radius 3 is 2.11 bits per heavy atom. The summed E-state index contributed by atoms with van der Waals surface area (Å²) in [7, 11) is 0. The van der Waals surface area contributed by atoms with Crippen LogP contribution < -0.4 is 5.73 Å². The van der Waals surface area contributed by atoms with Crippen molar-refractivity contribution in [2.45, 2.75) is 82.6 Å². The van der Waals surface area contributed by atoms with Gasteiger partial charge in [0, 0.05) is 12.6 Å². The van der Waals surface area contributed by atoms with Crippen LogP contribution in [0.1, 0.15) is 64.7 Å². The van der Waals surface area contributed by atoms with Crippen LogP contribution in [0, 0.1) is 11.8 Å². The lowest BCUT2D eigenvalue weighted by molar-refractivity contribution is -0.278. The number of nitrogens with two attached hydrogens (primary N) is 1. The van der Waals surface area contributed by atoms with Gasteiger partial charge in [-0.25, -0.2) is 0 Å². The van der Waals surface area contributed by atoms with Gasteiger partial charge in [0.2, 0.25) is 0 Å². The van der Waals surface area contributed by atoms with E-state index in [1.807, 2.05) is 0 Å². The summed E-state index contributed by atoms with van der Waals surface area (Å²) < 4.78 is 12.4. The maximum absolute atomic E-state index is 6.60. The molecule has 3 nitrogen and oxygen atoms in total. The van der Waals surface area contributed by atoms with E-state index < -0.39 is 0 Å². The first-order chi connectivity index (χ1) is 9.23. The van der Waals surface area contributed by atoms with Gasteiger partial charge in [0.1, 0.15) is 0 Å². The van der Waals surface area contributed by atoms with Gasteiger partial charge in [0.05, 0.1) is 5.60 Å². The lowest BCUT2D eigenvalue weighted by Gasteiger charge is -2.56. The van der Waals surface area contributed by atoms with E-state index in [9.17, 15) is 0 Å². The fraction of sp³-hybridized carbons (Fsp3) is 1.00. The van der Waals surface area contributed by atoms with Gasteiger partial charge in [0.25, 0.3) is 0 Å². The van der Waals surface area contributed by atoms with E-state index in [-0.39, 0.29) is 17.9 Å². The largest absolute Gasteiger partial charge is 0.353 e. The highest BCUT2D eigenvalue weighted by molar-refractivity contribution is 5.05. The molecule has 2 bridgehead atoms. The van der Waals surface area contributed by atoms with E-state index in [1.54, 1.807) is 0 Å². The predicted molar refractivity (Wildman–Crippen MR) is 75.7 cm³/mol. The van der Waals surface area contributed by atoms with E-state index in [0.717, 1.165) is 13.0 Å². The molecule has 3 fully saturated rings. The Labute approximate surface area is 117 Å². The number of fused-ring (bicyclic) bond motifs is 2. The Bertz CT molecular complexity index is 277. The third kappa shape index (κ3) is 2.45. The number of hydrogen-bond acceptors (Lipinski definition) is 3. The minimum Gasteiger partial charge on any atom is -0.353 e. The quantitative estimate of drug-likeness (QED) is 0.854. The lowest BCUT2D eigenvalue weighted by atomic mass is 9.59. The van der Waals surface area contributed by atoms with Gasteiger partial charge in [-0.05, 0) is 63.7 Å². The minimum atomic E-state index is -0.0987. The van der Waals surface area contributed by atoms with Crippen LogP contribution in [0.2, 0.25) is 0 Å². The van der Waals surface area contributed by atoms with Crippen molar-refractivity contribution in [2.75, 3.05) is 6.61 Å². The van der Waals surface area contributed by atoms with Crippen LogP contribution in [0.25, 0.3) is 0 Å². The molecule has 0 radical (unpaired) electrons. The van der Waals surface area contributed by atoms with E-state index in [0.29, 0.717) is 11.8 Å². The van der Waals surface area contributed by atoms with Crippen LogP contribution in [-0.4, -0.2) is 24.5 Å². The summed E-state index contributed by atoms with van der Waals surface area (Å²) in [6, 6.07) is 0.119. The van der Waals surface area contributed by atoms with Crippen LogP contribution in [0.15, 0.2) is 0 Å². The maximum atomic E-state index is 6.60. The molecule has 19 heavy (non-hydrogen) atoms. The highest BCUT2D eigenvalue weighted by atomic mass is 16.7. The zero-order valence-corrected chi connectivity index (χ0v) is 12.3. The lowest BCUT2D eigenvalue weighted by Crippen LogP contribution is -2.63. The van der Waals surface area contributed by atoms with Crippen molar-refractivity contribution in [2.24, 2.45) is 17.6 Å². The molecule has 1 saturated heterocycles. The molecule has 0 aromatic rings. The van der Waals surface area contributed by atoms with Crippen molar-refractivity contribution in [1.82, 2.24) is 0 Å². The number of ether oxygens (including phenoxy) is 2. The smallest absolute Gasteiger partial charge is 0.158 e. The summed E-state index contributed by atoms with van der Waals surface area (Å²) in [5, 5.41) is 0. The van der Waals surface area contributed by atoms with Crippen LogP contribution in [0.3, 0.4) is 0 Å². The summed E-state index contributed by atoms with van der Waals surface area (Å²) in [5.41, 5.74) is 6.33. The monoisotopic (exact) mass is 267 g/mol. The Morgan fingerprint density at radius 1 is 1.00 bits per heavy atom. The SMILES string of the molecule is CC(N)C1(OC2CCCCO2)C2CCCC1CCC2. The number of hydrogen-bond donors (Lipinski definition) is 1. The summed E-state index contributed by atoms with van der Waals surface area (Å²) in [5.74, 6) is 1.32. The molecule has 0 amide bonds. The molecule has 0 aromatic carbocycles. The molecule has 1 aliphatic heterocycles. The maximum Gasteiger partial charge on any atom is 0.158 e. The zero-order valence-electron chi connectivity index (χ0n) is 12.3. The van der Waals surface area contributed by atoms with E-state index in [4.69, 9.17) is 15.2 Å². The van der Waals surface area contributed by atoms with Gasteiger partial charge in [-0.15, -0.1) is 0 Å². The first-order valence-corrected chi connectivity index (χ1v) is 8.28. The van der Waals surface area contributed by atoms with Crippen molar-refractivity contribution in [3.63, 3.8) is 0 Å². The van der Waals surface area contributed by atoms with Crippen molar-refractivity contribution >= 4 is 0 Å². The Kier molecular flexibility index (Phi) is 4.16. The summed E-state index contributed by atoms with van der Waals surface area (Å²) >= 11 is 0. The molecule has 0 spiro atoms. The van der Waals surface area contributed by atoms with Gasteiger partial charge in [-0.3, -0.25) is 0 Å². The Balaban J connectivity index is 1.80. The average Bonchev–Trinajstić information content (AvgIpc) is 2.39. The van der Waals surface area contributed by atoms with Gasteiger partial charge in [0.15, 0.2) is 6.29 Å². The molecule has 2 saturated carbocycles. The highest BCUT2D eigenvalue weighted by Crippen LogP contribution is 2.51. The van der Waals surface area contributed by atoms with Gasteiger partial charge >= 0.3 is 0 Å². The molecule has 110 valence electrons. The molecule has 2 aliphatic carbocycles. The molecular weight excluding hydrogens is 238 g/mol. The molecule has 1 heterocycles. The third-order valence-electron chi connectivity index (χ3n) is 5.67. The molecule has 2 atom stereocenters. The number of rotatable bonds is 3. The standard InChI is InChI=1S/C16H29NO2/c1-12(17)16(19-15-10-2-3-11-18-15)13-6-4-7-14(16)9-5-8-13/h12-15H,2-11,17H2,1H3. The van der Waals surface area contributed by atoms with Crippen LogP contribution in [0.5, 0.6) is 0 Å². The van der Waals surface area contributed by atoms with Gasteiger partial charge in [-0.1, -0.05) is 12.8 Å². The second kappa shape index (κ2) is 5.71. The third-order valence-corrected chi connectivity index (χ3v) is 5.67. The normalized spacial score (nSPS) is 44.8. The first kappa shape index (κ1) is 13.8. The molecule has 3 aliphatic rings. The van der Waals surface area contributed by atoms with Crippen LogP contribution >= 0.6 is 0 Å². The molecule has 3 heteroatoms. The molecule has 2 unspecified atom stereocenters. The summed E-state index contributed by atoms with van der Waals surface area (Å²) in [4.78, 5) is 0. The van der Waals surface area contributed by atoms with E-state index >= 15 is 0 Å². The van der Waals surface area contributed by atoms with E-state index in [2.05, 4.69) is 6.92 Å². The fourth-order valence-corrected chi connectivity index (χ4v) is 4.82. The van der Waals surface area contributed by atoms with Crippen LogP contribution in [0.4, 0.5) is 0 Å². The van der Waals surface area contributed by atoms with Crippen LogP contribution in [-0.2, 0) is 9.47 Å². The molecule has 3 rings (SSSR count). The highest BCUT2D eigenvalue weighted by Gasteiger charge is 2.54. The first-order valence-electron chi connectivity index (χ1n) is 8.28. The topological polar surface area (TPSA) is 44.5 Å². The predicted octanol–water partition coefficient (Wildman–Crippen LogP) is 3.22. The Hall–Kier alpha value is -0.120. The Morgan fingerprint density at radius 2 is 1.63 bits per heavy atom. The summed E-state index contributed by atoms with van der Waals surface area (Å²) in [6.07, 6.45) is 11.4. The second-order valence-electron chi connectivity index (χ2n) is 6.81. The zero-order chi connectivity index (χ0) is 13.3. The van der Waals surface area contributed by atoms with Crippen molar-refractivity contribution < 1.29 is 9.47 Å². The second-order valence-corrected chi connectivity index (χ2v) is 6.81. The average molecular weight is 267 g/mol. The summed E-state index contributed by atoms with van der Waals surface area (Å²) in [6.45, 7) is 3.01.